The zero-order chi connectivity index (χ0) is 14.6. The van der Waals surface area contributed by atoms with Crippen LogP contribution in [0.4, 0.5) is 0 Å². The number of nitrogens with one attached hydrogen (secondary N) is 1. The van der Waals surface area contributed by atoms with Gasteiger partial charge in [-0.1, -0.05) is 19.4 Å². The molecule has 3 nitrogen and oxygen atoms in total. The number of Topliss-reactive ketones (excluding diaryl/α,β-unsaturated/α-hetero) is 1. The van der Waals surface area contributed by atoms with Crippen molar-refractivity contribution >= 4 is 21.7 Å². The predicted octanol–water partition coefficient (Wildman–Crippen LogP) is 3.35. The molecule has 1 N–H and O–H groups in total. The van der Waals surface area contributed by atoms with Crippen molar-refractivity contribution in [2.45, 2.75) is 32.6 Å². The van der Waals surface area contributed by atoms with E-state index in [1.807, 2.05) is 18.2 Å². The second-order valence-electron chi connectivity index (χ2n) is 5.53. The molecule has 1 unspecified atom stereocenters. The molecule has 1 aliphatic rings. The van der Waals surface area contributed by atoms with E-state index in [2.05, 4.69) is 28.2 Å². The molecule has 2 rings (SSSR count). The molecule has 1 aromatic carbocycles. The van der Waals surface area contributed by atoms with Crippen LogP contribution in [0.1, 0.15) is 31.7 Å². The molecule has 110 valence electrons. The van der Waals surface area contributed by atoms with Gasteiger partial charge in [0.05, 0.1) is 11.6 Å². The predicted molar refractivity (Wildman–Crippen MR) is 84.2 cm³/mol. The molecule has 0 aliphatic carbocycles. The van der Waals surface area contributed by atoms with Gasteiger partial charge in [-0.25, -0.2) is 0 Å². The molecule has 1 heterocycles. The number of ether oxygens (including phenoxy) is 1. The van der Waals surface area contributed by atoms with E-state index in [0.717, 1.165) is 48.1 Å². The summed E-state index contributed by atoms with van der Waals surface area (Å²) in [6.07, 6.45) is 3.51. The number of carbonyl (C=O) groups excluding carboxylic acids is 1. The fraction of sp³-hybridized carbons (Fsp3) is 0.562. The Kier molecular flexibility index (Phi) is 5.22. The van der Waals surface area contributed by atoms with Gasteiger partial charge in [0.25, 0.3) is 0 Å². The van der Waals surface area contributed by atoms with Crippen molar-refractivity contribution < 1.29 is 9.53 Å². The van der Waals surface area contributed by atoms with E-state index in [0.29, 0.717) is 12.2 Å². The smallest absolute Gasteiger partial charge is 0.144 e. The lowest BCUT2D eigenvalue weighted by Crippen LogP contribution is -2.34. The van der Waals surface area contributed by atoms with E-state index in [9.17, 15) is 4.79 Å². The molecular weight excluding hydrogens is 318 g/mol. The average Bonchev–Trinajstić information content (AvgIpc) is 2.89. The lowest BCUT2D eigenvalue weighted by atomic mass is 9.76. The minimum Gasteiger partial charge on any atom is -0.496 e. The van der Waals surface area contributed by atoms with Crippen LogP contribution in [0.3, 0.4) is 0 Å². The third-order valence-electron chi connectivity index (χ3n) is 4.14. The Morgan fingerprint density at radius 1 is 1.50 bits per heavy atom. The third kappa shape index (κ3) is 3.23. The van der Waals surface area contributed by atoms with Crippen LogP contribution >= 0.6 is 15.9 Å². The summed E-state index contributed by atoms with van der Waals surface area (Å²) >= 11 is 3.48. The lowest BCUT2D eigenvalue weighted by Gasteiger charge is -2.26. The Labute approximate surface area is 129 Å². The average molecular weight is 340 g/mol. The molecule has 20 heavy (non-hydrogen) atoms. The van der Waals surface area contributed by atoms with Gasteiger partial charge < -0.3 is 10.1 Å². The molecule has 1 atom stereocenters. The van der Waals surface area contributed by atoms with Crippen molar-refractivity contribution in [1.29, 1.82) is 0 Å². The normalized spacial score (nSPS) is 21.9. The highest BCUT2D eigenvalue weighted by molar-refractivity contribution is 9.10. The number of ketones is 1. The summed E-state index contributed by atoms with van der Waals surface area (Å²) in [6.45, 7) is 3.94. The summed E-state index contributed by atoms with van der Waals surface area (Å²) in [5.74, 6) is 1.16. The molecule has 1 fully saturated rings. The van der Waals surface area contributed by atoms with E-state index in [-0.39, 0.29) is 5.41 Å². The van der Waals surface area contributed by atoms with E-state index in [1.165, 1.54) is 0 Å². The maximum Gasteiger partial charge on any atom is 0.144 e. The van der Waals surface area contributed by atoms with Gasteiger partial charge in [-0.2, -0.15) is 0 Å². The Balaban J connectivity index is 2.12. The highest BCUT2D eigenvalue weighted by atomic mass is 79.9. The lowest BCUT2D eigenvalue weighted by molar-refractivity contribution is -0.127. The maximum absolute atomic E-state index is 12.7. The summed E-state index contributed by atoms with van der Waals surface area (Å²) in [5.41, 5.74) is 0.895. The highest BCUT2D eigenvalue weighted by Crippen LogP contribution is 2.34. The van der Waals surface area contributed by atoms with Crippen LogP contribution in [0.2, 0.25) is 0 Å². The van der Waals surface area contributed by atoms with Crippen molar-refractivity contribution in [2.24, 2.45) is 5.41 Å². The molecule has 0 amide bonds. The Bertz CT molecular complexity index is 481. The van der Waals surface area contributed by atoms with Crippen LogP contribution in [-0.2, 0) is 11.2 Å². The first-order valence-electron chi connectivity index (χ1n) is 7.18. The van der Waals surface area contributed by atoms with Gasteiger partial charge in [-0.3, -0.25) is 4.79 Å². The fourth-order valence-electron chi connectivity index (χ4n) is 3.01. The quantitative estimate of drug-likeness (QED) is 0.863. The Morgan fingerprint density at radius 3 is 2.85 bits per heavy atom. The standard InChI is InChI=1S/C16H22BrNO2/c1-3-6-16(7-8-18-11-16)15(19)10-12-4-5-14(20-2)13(17)9-12/h4-5,9,18H,3,6-8,10-11H2,1-2H3. The summed E-state index contributed by atoms with van der Waals surface area (Å²) < 4.78 is 6.12. The molecule has 1 saturated heterocycles. The summed E-state index contributed by atoms with van der Waals surface area (Å²) in [4.78, 5) is 12.7. The molecular formula is C16H22BrNO2. The SMILES string of the molecule is CCCC1(C(=O)Cc2ccc(OC)c(Br)c2)CCNC1. The van der Waals surface area contributed by atoms with Crippen LogP contribution in [0.5, 0.6) is 5.75 Å². The number of benzene rings is 1. The molecule has 1 aliphatic heterocycles. The van der Waals surface area contributed by atoms with Gasteiger partial charge in [-0.05, 0) is 53.0 Å². The Hall–Kier alpha value is -0.870. The van der Waals surface area contributed by atoms with Crippen LogP contribution < -0.4 is 10.1 Å². The van der Waals surface area contributed by atoms with Gasteiger partial charge in [0.2, 0.25) is 0 Å². The van der Waals surface area contributed by atoms with E-state index < -0.39 is 0 Å². The molecule has 0 aromatic heterocycles. The number of hydrogen-bond donors (Lipinski definition) is 1. The van der Waals surface area contributed by atoms with Crippen LogP contribution in [0.15, 0.2) is 22.7 Å². The van der Waals surface area contributed by atoms with Crippen molar-refractivity contribution in [1.82, 2.24) is 5.32 Å². The van der Waals surface area contributed by atoms with Gasteiger partial charge in [0.1, 0.15) is 11.5 Å². The van der Waals surface area contributed by atoms with Gasteiger partial charge in [-0.15, -0.1) is 0 Å². The van der Waals surface area contributed by atoms with Gasteiger partial charge >= 0.3 is 0 Å². The number of halogens is 1. The first-order chi connectivity index (χ1) is 9.61. The zero-order valence-corrected chi connectivity index (χ0v) is 13.8. The highest BCUT2D eigenvalue weighted by Gasteiger charge is 2.39. The molecule has 4 heteroatoms. The first kappa shape index (κ1) is 15.5. The second-order valence-corrected chi connectivity index (χ2v) is 6.38. The Morgan fingerprint density at radius 2 is 2.30 bits per heavy atom. The first-order valence-corrected chi connectivity index (χ1v) is 7.97. The van der Waals surface area contributed by atoms with E-state index in [4.69, 9.17) is 4.74 Å². The molecule has 0 saturated carbocycles. The van der Waals surface area contributed by atoms with Crippen molar-refractivity contribution in [3.8, 4) is 5.75 Å². The van der Waals surface area contributed by atoms with Crippen molar-refractivity contribution in [2.75, 3.05) is 20.2 Å². The fourth-order valence-corrected chi connectivity index (χ4v) is 3.59. The zero-order valence-electron chi connectivity index (χ0n) is 12.2. The molecule has 0 bridgehead atoms. The topological polar surface area (TPSA) is 38.3 Å². The largest absolute Gasteiger partial charge is 0.496 e. The third-order valence-corrected chi connectivity index (χ3v) is 4.76. The summed E-state index contributed by atoms with van der Waals surface area (Å²) in [7, 11) is 1.64. The van der Waals surface area contributed by atoms with Crippen LogP contribution in [-0.4, -0.2) is 26.0 Å². The molecule has 0 spiro atoms. The van der Waals surface area contributed by atoms with Crippen molar-refractivity contribution in [3.05, 3.63) is 28.2 Å². The number of rotatable bonds is 6. The maximum atomic E-state index is 12.7. The summed E-state index contributed by atoms with van der Waals surface area (Å²) in [6, 6.07) is 5.87. The van der Waals surface area contributed by atoms with Gasteiger partial charge in [0.15, 0.2) is 0 Å². The number of carbonyl (C=O) groups is 1. The van der Waals surface area contributed by atoms with E-state index in [1.54, 1.807) is 7.11 Å². The minimum atomic E-state index is -0.152. The monoisotopic (exact) mass is 339 g/mol. The summed E-state index contributed by atoms with van der Waals surface area (Å²) in [5, 5.41) is 3.34. The van der Waals surface area contributed by atoms with Crippen molar-refractivity contribution in [3.63, 3.8) is 0 Å². The number of methoxy groups -OCH3 is 1. The van der Waals surface area contributed by atoms with Gasteiger partial charge in [0, 0.05) is 18.4 Å². The van der Waals surface area contributed by atoms with E-state index >= 15 is 0 Å². The van der Waals surface area contributed by atoms with Crippen LogP contribution in [0.25, 0.3) is 0 Å². The second kappa shape index (κ2) is 6.72. The molecule has 0 radical (unpaired) electrons. The number of hydrogen-bond acceptors (Lipinski definition) is 3. The van der Waals surface area contributed by atoms with Crippen LogP contribution in [0, 0.1) is 5.41 Å². The molecule has 1 aromatic rings. The minimum absolute atomic E-state index is 0.152.